The van der Waals surface area contributed by atoms with Crippen molar-refractivity contribution in [1.82, 2.24) is 14.9 Å². The van der Waals surface area contributed by atoms with E-state index in [2.05, 4.69) is 10.3 Å². The Morgan fingerprint density at radius 3 is 2.67 bits per heavy atom. The molecule has 0 aliphatic rings. The maximum atomic E-state index is 12.3. The minimum Gasteiger partial charge on any atom is -0.345 e. The number of hydrogen-bond donors (Lipinski definition) is 1. The second-order valence-electron chi connectivity index (χ2n) is 6.45. The van der Waals surface area contributed by atoms with Gasteiger partial charge in [0.2, 0.25) is 0 Å². The Labute approximate surface area is 161 Å². The zero-order valence-corrected chi connectivity index (χ0v) is 15.7. The maximum Gasteiger partial charge on any atom is 0.253 e. The number of benzene rings is 2. The SMILES string of the molecule is CN(C)C(=O)c1ccc2c(c1)nc(Nc1cccc(Cl)c1)c1ccncc12. The van der Waals surface area contributed by atoms with Crippen molar-refractivity contribution in [1.29, 1.82) is 0 Å². The van der Waals surface area contributed by atoms with E-state index in [0.717, 1.165) is 27.4 Å². The number of carbonyl (C=O) groups is 1. The molecule has 0 aliphatic carbocycles. The highest BCUT2D eigenvalue weighted by Crippen LogP contribution is 2.31. The summed E-state index contributed by atoms with van der Waals surface area (Å²) in [5.74, 6) is 0.631. The summed E-state index contributed by atoms with van der Waals surface area (Å²) in [6.45, 7) is 0. The monoisotopic (exact) mass is 376 g/mol. The second kappa shape index (κ2) is 6.85. The van der Waals surface area contributed by atoms with Crippen molar-refractivity contribution in [2.75, 3.05) is 19.4 Å². The molecule has 2 aromatic heterocycles. The van der Waals surface area contributed by atoms with Crippen molar-refractivity contribution in [3.63, 3.8) is 0 Å². The van der Waals surface area contributed by atoms with Crippen LogP contribution in [0.3, 0.4) is 0 Å². The molecule has 1 amide bonds. The highest BCUT2D eigenvalue weighted by Gasteiger charge is 2.13. The lowest BCUT2D eigenvalue weighted by Crippen LogP contribution is -2.21. The van der Waals surface area contributed by atoms with Crippen LogP contribution in [-0.2, 0) is 0 Å². The summed E-state index contributed by atoms with van der Waals surface area (Å²) in [5.41, 5.74) is 2.16. The number of hydrogen-bond acceptors (Lipinski definition) is 4. The number of amides is 1. The molecule has 0 fully saturated rings. The number of fused-ring (bicyclic) bond motifs is 3. The van der Waals surface area contributed by atoms with Crippen LogP contribution >= 0.6 is 11.6 Å². The third-order valence-corrected chi connectivity index (χ3v) is 4.57. The van der Waals surface area contributed by atoms with E-state index in [4.69, 9.17) is 16.6 Å². The van der Waals surface area contributed by atoms with Crippen LogP contribution in [0, 0.1) is 0 Å². The number of nitrogens with zero attached hydrogens (tertiary/aromatic N) is 3. The van der Waals surface area contributed by atoms with Gasteiger partial charge in [-0.2, -0.15) is 0 Å². The number of halogens is 1. The molecule has 0 saturated carbocycles. The van der Waals surface area contributed by atoms with Gasteiger partial charge in [0.1, 0.15) is 5.82 Å². The molecule has 6 heteroatoms. The number of carbonyl (C=O) groups excluding carboxylic acids is 1. The number of nitrogens with one attached hydrogen (secondary N) is 1. The summed E-state index contributed by atoms with van der Waals surface area (Å²) in [6.07, 6.45) is 3.55. The molecule has 27 heavy (non-hydrogen) atoms. The molecule has 1 N–H and O–H groups in total. The molecule has 0 spiro atoms. The average molecular weight is 377 g/mol. The van der Waals surface area contributed by atoms with Gasteiger partial charge in [0.15, 0.2) is 0 Å². The first-order valence-electron chi connectivity index (χ1n) is 8.44. The maximum absolute atomic E-state index is 12.3. The van der Waals surface area contributed by atoms with Crippen LogP contribution in [0.25, 0.3) is 21.7 Å². The van der Waals surface area contributed by atoms with Gasteiger partial charge in [-0.3, -0.25) is 9.78 Å². The molecule has 0 radical (unpaired) electrons. The largest absolute Gasteiger partial charge is 0.345 e. The van der Waals surface area contributed by atoms with Crippen molar-refractivity contribution in [3.05, 3.63) is 71.5 Å². The fourth-order valence-electron chi connectivity index (χ4n) is 3.04. The fourth-order valence-corrected chi connectivity index (χ4v) is 3.23. The third-order valence-electron chi connectivity index (χ3n) is 4.34. The number of anilines is 2. The van der Waals surface area contributed by atoms with Crippen LogP contribution in [0.15, 0.2) is 60.9 Å². The fraction of sp³-hybridized carbons (Fsp3) is 0.0952. The van der Waals surface area contributed by atoms with E-state index in [-0.39, 0.29) is 5.91 Å². The minimum atomic E-state index is -0.0608. The van der Waals surface area contributed by atoms with Crippen LogP contribution in [0.5, 0.6) is 0 Å². The van der Waals surface area contributed by atoms with E-state index in [1.54, 1.807) is 25.2 Å². The lowest BCUT2D eigenvalue weighted by molar-refractivity contribution is 0.0827. The van der Waals surface area contributed by atoms with Gasteiger partial charge < -0.3 is 10.2 Å². The normalized spacial score (nSPS) is 10.9. The van der Waals surface area contributed by atoms with Gasteiger partial charge in [-0.05, 0) is 36.4 Å². The zero-order valence-electron chi connectivity index (χ0n) is 14.9. The van der Waals surface area contributed by atoms with Gasteiger partial charge in [0, 0.05) is 58.9 Å². The van der Waals surface area contributed by atoms with E-state index in [9.17, 15) is 4.79 Å². The molecule has 4 rings (SSSR count). The van der Waals surface area contributed by atoms with Crippen LogP contribution in [0.1, 0.15) is 10.4 Å². The van der Waals surface area contributed by atoms with Crippen molar-refractivity contribution in [2.24, 2.45) is 0 Å². The van der Waals surface area contributed by atoms with Gasteiger partial charge in [0.25, 0.3) is 5.91 Å². The lowest BCUT2D eigenvalue weighted by Gasteiger charge is -2.14. The third kappa shape index (κ3) is 3.29. The van der Waals surface area contributed by atoms with Crippen LogP contribution in [-0.4, -0.2) is 34.9 Å². The van der Waals surface area contributed by atoms with E-state index >= 15 is 0 Å². The van der Waals surface area contributed by atoms with Crippen molar-refractivity contribution in [3.8, 4) is 0 Å². The summed E-state index contributed by atoms with van der Waals surface area (Å²) >= 11 is 6.10. The van der Waals surface area contributed by atoms with Crippen LogP contribution in [0.4, 0.5) is 11.5 Å². The summed E-state index contributed by atoms with van der Waals surface area (Å²) in [7, 11) is 3.47. The van der Waals surface area contributed by atoms with E-state index in [1.165, 1.54) is 0 Å². The van der Waals surface area contributed by atoms with E-state index in [0.29, 0.717) is 16.4 Å². The summed E-state index contributed by atoms with van der Waals surface area (Å²) in [4.78, 5) is 22.9. The Morgan fingerprint density at radius 1 is 1.04 bits per heavy atom. The Hall–Kier alpha value is -3.18. The lowest BCUT2D eigenvalue weighted by atomic mass is 10.1. The highest BCUT2D eigenvalue weighted by molar-refractivity contribution is 6.30. The second-order valence-corrected chi connectivity index (χ2v) is 6.88. The van der Waals surface area contributed by atoms with Crippen molar-refractivity contribution < 1.29 is 4.79 Å². The summed E-state index contributed by atoms with van der Waals surface area (Å²) in [6, 6.07) is 14.9. The average Bonchev–Trinajstić information content (AvgIpc) is 2.67. The number of rotatable bonds is 3. The number of aromatic nitrogens is 2. The van der Waals surface area contributed by atoms with Crippen molar-refractivity contribution >= 4 is 50.7 Å². The van der Waals surface area contributed by atoms with Gasteiger partial charge in [-0.15, -0.1) is 0 Å². The van der Waals surface area contributed by atoms with E-state index < -0.39 is 0 Å². The highest BCUT2D eigenvalue weighted by atomic mass is 35.5. The minimum absolute atomic E-state index is 0.0608. The Kier molecular flexibility index (Phi) is 4.38. The predicted octanol–water partition coefficient (Wildman–Crippen LogP) is 4.88. The summed E-state index contributed by atoms with van der Waals surface area (Å²) in [5, 5.41) is 6.84. The quantitative estimate of drug-likeness (QED) is 0.517. The Balaban J connectivity index is 1.91. The topological polar surface area (TPSA) is 58.1 Å². The van der Waals surface area contributed by atoms with Crippen LogP contribution < -0.4 is 5.32 Å². The van der Waals surface area contributed by atoms with Gasteiger partial charge in [0.05, 0.1) is 5.52 Å². The molecule has 0 unspecified atom stereocenters. The molecule has 0 bridgehead atoms. The molecule has 5 nitrogen and oxygen atoms in total. The molecule has 4 aromatic rings. The first-order chi connectivity index (χ1) is 13.0. The van der Waals surface area contributed by atoms with Crippen molar-refractivity contribution in [2.45, 2.75) is 0 Å². The predicted molar refractivity (Wildman–Crippen MR) is 110 cm³/mol. The molecule has 0 saturated heterocycles. The Bertz CT molecular complexity index is 1170. The smallest absolute Gasteiger partial charge is 0.253 e. The Morgan fingerprint density at radius 2 is 1.89 bits per heavy atom. The molecule has 2 heterocycles. The van der Waals surface area contributed by atoms with Crippen LogP contribution in [0.2, 0.25) is 5.02 Å². The molecule has 134 valence electrons. The molecule has 2 aromatic carbocycles. The van der Waals surface area contributed by atoms with Gasteiger partial charge in [-0.1, -0.05) is 23.7 Å². The number of pyridine rings is 2. The zero-order chi connectivity index (χ0) is 19.0. The standard InChI is InChI=1S/C21H17ClN4O/c1-26(2)21(27)13-6-7-16-18-12-23-9-8-17(18)20(25-19(16)10-13)24-15-5-3-4-14(22)11-15/h3-12H,1-2H3,(H,24,25). The summed E-state index contributed by atoms with van der Waals surface area (Å²) < 4.78 is 0. The first-order valence-corrected chi connectivity index (χ1v) is 8.82. The van der Waals surface area contributed by atoms with Gasteiger partial charge in [-0.25, -0.2) is 4.98 Å². The molecule has 0 atom stereocenters. The first kappa shape index (κ1) is 17.2. The molecular formula is C21H17ClN4O. The molecular weight excluding hydrogens is 360 g/mol. The molecule has 0 aliphatic heterocycles. The van der Waals surface area contributed by atoms with E-state index in [1.807, 2.05) is 54.7 Å². The van der Waals surface area contributed by atoms with Gasteiger partial charge >= 0.3 is 0 Å².